The molecule has 19 heavy (non-hydrogen) atoms. The third kappa shape index (κ3) is 2.22. The highest BCUT2D eigenvalue weighted by Gasteiger charge is 2.10. The molecule has 0 aliphatic carbocycles. The van der Waals surface area contributed by atoms with Gasteiger partial charge in [0.05, 0.1) is 10.2 Å². The minimum atomic E-state index is 0.521. The molecule has 0 radical (unpaired) electrons. The molecule has 3 rings (SSSR count). The highest BCUT2D eigenvalue weighted by molar-refractivity contribution is 7.17. The fraction of sp³-hybridized carbons (Fsp3) is 0.214. The van der Waals surface area contributed by atoms with E-state index in [4.69, 9.17) is 11.6 Å². The summed E-state index contributed by atoms with van der Waals surface area (Å²) in [7, 11) is 0. The van der Waals surface area contributed by atoms with Crippen molar-refractivity contribution >= 4 is 33.2 Å². The highest BCUT2D eigenvalue weighted by atomic mass is 35.5. The Labute approximate surface area is 120 Å². The Bertz CT molecular complexity index is 752. The van der Waals surface area contributed by atoms with E-state index in [1.807, 2.05) is 18.4 Å². The third-order valence-electron chi connectivity index (χ3n) is 3.08. The first-order valence-electron chi connectivity index (χ1n) is 6.05. The van der Waals surface area contributed by atoms with Gasteiger partial charge in [-0.3, -0.25) is 4.98 Å². The Morgan fingerprint density at radius 2 is 2.16 bits per heavy atom. The molecule has 5 heteroatoms. The number of hydrogen-bond acceptors (Lipinski definition) is 4. The lowest BCUT2D eigenvalue weighted by Gasteiger charge is -2.07. The van der Waals surface area contributed by atoms with Crippen LogP contribution in [0.2, 0.25) is 5.15 Å². The van der Waals surface area contributed by atoms with E-state index in [0.29, 0.717) is 11.0 Å². The highest BCUT2D eigenvalue weighted by Crippen LogP contribution is 2.26. The monoisotopic (exact) mass is 289 g/mol. The number of pyridine rings is 1. The summed E-state index contributed by atoms with van der Waals surface area (Å²) in [5, 5.41) is 2.55. The van der Waals surface area contributed by atoms with Crippen molar-refractivity contribution in [2.24, 2.45) is 0 Å². The van der Waals surface area contributed by atoms with Crippen LogP contribution in [0.4, 0.5) is 0 Å². The van der Waals surface area contributed by atoms with Gasteiger partial charge in [0.1, 0.15) is 5.15 Å². The van der Waals surface area contributed by atoms with Crippen LogP contribution >= 0.6 is 22.9 Å². The molecule has 0 aromatic carbocycles. The van der Waals surface area contributed by atoms with Crippen LogP contribution in [0.15, 0.2) is 23.7 Å². The number of aromatic nitrogens is 3. The number of hydrogen-bond donors (Lipinski definition) is 0. The molecule has 3 nitrogen and oxygen atoms in total. The van der Waals surface area contributed by atoms with E-state index in [-0.39, 0.29) is 0 Å². The average molecular weight is 290 g/mol. The Kier molecular flexibility index (Phi) is 3.21. The summed E-state index contributed by atoms with van der Waals surface area (Å²) in [5.41, 5.74) is 3.86. The molecule has 0 N–H and O–H groups in total. The van der Waals surface area contributed by atoms with Crippen LogP contribution in [0, 0.1) is 6.92 Å². The zero-order valence-electron chi connectivity index (χ0n) is 10.6. The molecular formula is C14H12ClN3S. The lowest BCUT2D eigenvalue weighted by atomic mass is 10.2. The van der Waals surface area contributed by atoms with Gasteiger partial charge in [0, 0.05) is 23.0 Å². The largest absolute Gasteiger partial charge is 0.255 e. The molecule has 0 spiro atoms. The minimum Gasteiger partial charge on any atom is -0.255 e. The molecular weight excluding hydrogens is 278 g/mol. The van der Waals surface area contributed by atoms with E-state index in [1.165, 1.54) is 0 Å². The second kappa shape index (κ2) is 4.87. The van der Waals surface area contributed by atoms with Gasteiger partial charge in [0.2, 0.25) is 0 Å². The zero-order valence-corrected chi connectivity index (χ0v) is 12.2. The standard InChI is InChI=1S/C14H12ClN3S/c1-3-10-8(2)13(15)18-14(17-10)9-6-12-11(16-7-9)4-5-19-12/h4-7H,3H2,1-2H3. The molecule has 0 saturated heterocycles. The van der Waals surface area contributed by atoms with Gasteiger partial charge in [0.25, 0.3) is 0 Å². The Morgan fingerprint density at radius 1 is 1.32 bits per heavy atom. The number of fused-ring (bicyclic) bond motifs is 1. The lowest BCUT2D eigenvalue weighted by molar-refractivity contribution is 0.976. The van der Waals surface area contributed by atoms with Crippen molar-refractivity contribution in [1.29, 1.82) is 0 Å². The number of thiophene rings is 1. The summed E-state index contributed by atoms with van der Waals surface area (Å²) in [4.78, 5) is 13.4. The lowest BCUT2D eigenvalue weighted by Crippen LogP contribution is -1.99. The van der Waals surface area contributed by atoms with Crippen molar-refractivity contribution in [3.63, 3.8) is 0 Å². The van der Waals surface area contributed by atoms with Gasteiger partial charge in [0.15, 0.2) is 5.82 Å². The SMILES string of the molecule is CCc1nc(-c2cnc3ccsc3c2)nc(Cl)c1C. The molecule has 0 amide bonds. The fourth-order valence-corrected chi connectivity index (χ4v) is 2.94. The zero-order chi connectivity index (χ0) is 13.4. The Balaban J connectivity index is 2.17. The number of rotatable bonds is 2. The fourth-order valence-electron chi connectivity index (χ4n) is 1.97. The molecule has 3 heterocycles. The van der Waals surface area contributed by atoms with Crippen LogP contribution < -0.4 is 0 Å². The van der Waals surface area contributed by atoms with E-state index < -0.39 is 0 Å². The first-order valence-corrected chi connectivity index (χ1v) is 7.31. The first-order chi connectivity index (χ1) is 9.19. The van der Waals surface area contributed by atoms with Crippen LogP contribution in [-0.2, 0) is 6.42 Å². The van der Waals surface area contributed by atoms with E-state index in [1.54, 1.807) is 17.5 Å². The van der Waals surface area contributed by atoms with Crippen molar-refractivity contribution in [3.8, 4) is 11.4 Å². The van der Waals surface area contributed by atoms with Crippen molar-refractivity contribution in [2.75, 3.05) is 0 Å². The maximum Gasteiger partial charge on any atom is 0.162 e. The molecule has 0 bridgehead atoms. The number of nitrogens with zero attached hydrogens (tertiary/aromatic N) is 3. The van der Waals surface area contributed by atoms with Gasteiger partial charge in [-0.25, -0.2) is 9.97 Å². The second-order valence-electron chi connectivity index (χ2n) is 4.29. The quantitative estimate of drug-likeness (QED) is 0.661. The second-order valence-corrected chi connectivity index (χ2v) is 5.60. The van der Waals surface area contributed by atoms with E-state index >= 15 is 0 Å². The average Bonchev–Trinajstić information content (AvgIpc) is 2.89. The minimum absolute atomic E-state index is 0.521. The first kappa shape index (κ1) is 12.5. The molecule has 96 valence electrons. The maximum absolute atomic E-state index is 6.18. The summed E-state index contributed by atoms with van der Waals surface area (Å²) in [6.07, 6.45) is 2.64. The van der Waals surface area contributed by atoms with E-state index in [9.17, 15) is 0 Å². The summed E-state index contributed by atoms with van der Waals surface area (Å²) < 4.78 is 1.14. The topological polar surface area (TPSA) is 38.7 Å². The van der Waals surface area contributed by atoms with Crippen LogP contribution in [0.5, 0.6) is 0 Å². The van der Waals surface area contributed by atoms with Crippen molar-refractivity contribution in [2.45, 2.75) is 20.3 Å². The van der Waals surface area contributed by atoms with Crippen molar-refractivity contribution in [3.05, 3.63) is 40.1 Å². The third-order valence-corrected chi connectivity index (χ3v) is 4.30. The normalized spacial score (nSPS) is 11.1. The summed E-state index contributed by atoms with van der Waals surface area (Å²) in [6.45, 7) is 4.02. The van der Waals surface area contributed by atoms with Crippen molar-refractivity contribution in [1.82, 2.24) is 15.0 Å². The van der Waals surface area contributed by atoms with E-state index in [0.717, 1.165) is 33.5 Å². The summed E-state index contributed by atoms with van der Waals surface area (Å²) in [5.74, 6) is 0.648. The Hall–Kier alpha value is -1.52. The van der Waals surface area contributed by atoms with E-state index in [2.05, 4.69) is 27.9 Å². The molecule has 0 saturated carbocycles. The van der Waals surface area contributed by atoms with Gasteiger partial charge in [-0.05, 0) is 30.9 Å². The van der Waals surface area contributed by atoms with Crippen molar-refractivity contribution < 1.29 is 0 Å². The molecule has 0 aliphatic heterocycles. The van der Waals surface area contributed by atoms with Gasteiger partial charge in [-0.15, -0.1) is 11.3 Å². The summed E-state index contributed by atoms with van der Waals surface area (Å²) in [6, 6.07) is 4.07. The molecule has 3 aromatic rings. The maximum atomic E-state index is 6.18. The molecule has 0 atom stereocenters. The van der Waals surface area contributed by atoms with Crippen LogP contribution in [0.1, 0.15) is 18.2 Å². The van der Waals surface area contributed by atoms with Gasteiger partial charge in [-0.1, -0.05) is 18.5 Å². The smallest absolute Gasteiger partial charge is 0.162 e. The number of halogens is 1. The van der Waals surface area contributed by atoms with Gasteiger partial charge < -0.3 is 0 Å². The predicted molar refractivity (Wildman–Crippen MR) is 79.8 cm³/mol. The van der Waals surface area contributed by atoms with Crippen LogP contribution in [0.3, 0.4) is 0 Å². The van der Waals surface area contributed by atoms with Gasteiger partial charge >= 0.3 is 0 Å². The number of aryl methyl sites for hydroxylation is 1. The molecule has 0 fully saturated rings. The molecule has 3 aromatic heterocycles. The molecule has 0 aliphatic rings. The Morgan fingerprint density at radius 3 is 2.95 bits per heavy atom. The van der Waals surface area contributed by atoms with Crippen LogP contribution in [-0.4, -0.2) is 15.0 Å². The summed E-state index contributed by atoms with van der Waals surface area (Å²) >= 11 is 7.84. The molecule has 0 unspecified atom stereocenters. The predicted octanol–water partition coefficient (Wildman–Crippen LogP) is 4.28. The van der Waals surface area contributed by atoms with Crippen LogP contribution in [0.25, 0.3) is 21.6 Å². The van der Waals surface area contributed by atoms with Gasteiger partial charge in [-0.2, -0.15) is 0 Å².